The van der Waals surface area contributed by atoms with Crippen LogP contribution in [0.25, 0.3) is 0 Å². The van der Waals surface area contributed by atoms with Crippen molar-refractivity contribution in [3.63, 3.8) is 0 Å². The minimum absolute atomic E-state index is 0.183. The number of aliphatic hydroxyl groups excluding tert-OH is 1. The van der Waals surface area contributed by atoms with Crippen LogP contribution in [0.15, 0.2) is 0 Å². The lowest BCUT2D eigenvalue weighted by Crippen LogP contribution is -2.39. The minimum Gasteiger partial charge on any atom is -0.392 e. The second kappa shape index (κ2) is 4.17. The number of likely N-dealkylation sites (tertiary alicyclic amines) is 1. The molecule has 3 atom stereocenters. The molecule has 0 radical (unpaired) electrons. The first kappa shape index (κ1) is 10.4. The third-order valence-corrected chi connectivity index (χ3v) is 3.75. The summed E-state index contributed by atoms with van der Waals surface area (Å²) in [7, 11) is 2.26. The van der Waals surface area contributed by atoms with Gasteiger partial charge >= 0.3 is 0 Å². The van der Waals surface area contributed by atoms with Crippen molar-refractivity contribution < 1.29 is 5.11 Å². The summed E-state index contributed by atoms with van der Waals surface area (Å²) in [6.45, 7) is 5.04. The van der Waals surface area contributed by atoms with Gasteiger partial charge in [-0.1, -0.05) is 0 Å². The third kappa shape index (κ3) is 2.10. The van der Waals surface area contributed by atoms with Crippen molar-refractivity contribution >= 4 is 0 Å². The molecule has 0 aromatic carbocycles. The molecule has 2 rings (SSSR count). The van der Waals surface area contributed by atoms with E-state index in [4.69, 9.17) is 0 Å². The van der Waals surface area contributed by atoms with E-state index in [2.05, 4.69) is 16.8 Å². The van der Waals surface area contributed by atoms with Gasteiger partial charge in [-0.15, -0.1) is 0 Å². The first-order valence-corrected chi connectivity index (χ1v) is 5.79. The van der Waals surface area contributed by atoms with Crippen molar-refractivity contribution in [1.29, 1.82) is 0 Å². The lowest BCUT2D eigenvalue weighted by atomic mass is 10.1. The summed E-state index contributed by atoms with van der Waals surface area (Å²) in [5, 5.41) is 9.38. The van der Waals surface area contributed by atoms with E-state index in [1.54, 1.807) is 0 Å². The lowest BCUT2D eigenvalue weighted by Gasteiger charge is -2.26. The number of aliphatic hydroxyl groups is 1. The van der Waals surface area contributed by atoms with Gasteiger partial charge in [-0.05, 0) is 39.8 Å². The fraction of sp³-hybridized carbons (Fsp3) is 1.00. The van der Waals surface area contributed by atoms with Crippen LogP contribution >= 0.6 is 0 Å². The molecule has 3 unspecified atom stereocenters. The summed E-state index contributed by atoms with van der Waals surface area (Å²) in [5.74, 6) is 0. The molecule has 0 amide bonds. The number of β-amino-alcohol motifs (C(OH)–C–C–N with tert-alkyl or cyclic N) is 1. The molecule has 2 fully saturated rings. The van der Waals surface area contributed by atoms with Crippen molar-refractivity contribution in [3.8, 4) is 0 Å². The number of hydrogen-bond donors (Lipinski definition) is 1. The van der Waals surface area contributed by atoms with Gasteiger partial charge in [0.25, 0.3) is 0 Å². The predicted molar refractivity (Wildman–Crippen MR) is 57.3 cm³/mol. The monoisotopic (exact) mass is 198 g/mol. The Morgan fingerprint density at radius 3 is 2.71 bits per heavy atom. The summed E-state index contributed by atoms with van der Waals surface area (Å²) >= 11 is 0. The maximum atomic E-state index is 9.38. The zero-order chi connectivity index (χ0) is 10.1. The van der Waals surface area contributed by atoms with Crippen LogP contribution in [0.4, 0.5) is 0 Å². The Hall–Kier alpha value is -0.120. The Bertz CT molecular complexity index is 196. The average Bonchev–Trinajstić information content (AvgIpc) is 2.33. The van der Waals surface area contributed by atoms with Crippen molar-refractivity contribution in [2.75, 3.05) is 26.7 Å². The number of nitrogens with zero attached hydrogens (tertiary/aromatic N) is 2. The van der Waals surface area contributed by atoms with Crippen LogP contribution in [0.5, 0.6) is 0 Å². The standard InChI is InChI=1S/C11H22N2O/c1-9(14)7-13-6-5-10-3-4-11(8-13)12(10)2/h9-11,14H,3-8H2,1-2H3. The molecule has 82 valence electrons. The first-order chi connectivity index (χ1) is 6.66. The Labute approximate surface area is 86.7 Å². The van der Waals surface area contributed by atoms with Crippen LogP contribution < -0.4 is 0 Å². The summed E-state index contributed by atoms with van der Waals surface area (Å²) in [5.41, 5.74) is 0. The molecule has 0 aliphatic carbocycles. The van der Waals surface area contributed by atoms with E-state index in [-0.39, 0.29) is 6.10 Å². The second-order valence-corrected chi connectivity index (χ2v) is 4.95. The number of rotatable bonds is 2. The Balaban J connectivity index is 1.93. The van der Waals surface area contributed by atoms with E-state index in [9.17, 15) is 5.11 Å². The molecule has 3 heteroatoms. The number of fused-ring (bicyclic) bond motifs is 2. The van der Waals surface area contributed by atoms with E-state index >= 15 is 0 Å². The van der Waals surface area contributed by atoms with E-state index < -0.39 is 0 Å². The maximum absolute atomic E-state index is 9.38. The van der Waals surface area contributed by atoms with Gasteiger partial charge in [0.05, 0.1) is 6.10 Å². The lowest BCUT2D eigenvalue weighted by molar-refractivity contribution is 0.119. The third-order valence-electron chi connectivity index (χ3n) is 3.75. The molecule has 0 saturated carbocycles. The molecular formula is C11H22N2O. The van der Waals surface area contributed by atoms with Crippen LogP contribution in [0.1, 0.15) is 26.2 Å². The SMILES string of the molecule is CC(O)CN1CCC2CCC(C1)N2C. The van der Waals surface area contributed by atoms with Gasteiger partial charge in [0.15, 0.2) is 0 Å². The Kier molecular flexibility index (Phi) is 3.10. The molecule has 2 aliphatic heterocycles. The largest absolute Gasteiger partial charge is 0.392 e. The predicted octanol–water partition coefficient (Wildman–Crippen LogP) is 0.536. The normalized spacial score (nSPS) is 37.1. The van der Waals surface area contributed by atoms with Crippen LogP contribution in [-0.2, 0) is 0 Å². The highest BCUT2D eigenvalue weighted by Gasteiger charge is 2.34. The molecule has 3 nitrogen and oxygen atoms in total. The van der Waals surface area contributed by atoms with Gasteiger partial charge < -0.3 is 5.11 Å². The summed E-state index contributed by atoms with van der Waals surface area (Å²) < 4.78 is 0. The van der Waals surface area contributed by atoms with Crippen molar-refractivity contribution in [2.45, 2.75) is 44.4 Å². The van der Waals surface area contributed by atoms with Crippen LogP contribution in [-0.4, -0.2) is 59.8 Å². The highest BCUT2D eigenvalue weighted by molar-refractivity contribution is 4.91. The van der Waals surface area contributed by atoms with Gasteiger partial charge in [0.1, 0.15) is 0 Å². The Morgan fingerprint density at radius 2 is 2.00 bits per heavy atom. The highest BCUT2D eigenvalue weighted by Crippen LogP contribution is 2.28. The van der Waals surface area contributed by atoms with E-state index in [1.165, 1.54) is 19.3 Å². The van der Waals surface area contributed by atoms with Crippen molar-refractivity contribution in [1.82, 2.24) is 9.80 Å². The minimum atomic E-state index is -0.183. The average molecular weight is 198 g/mol. The molecule has 0 aromatic rings. The van der Waals surface area contributed by atoms with Crippen LogP contribution in [0.3, 0.4) is 0 Å². The zero-order valence-electron chi connectivity index (χ0n) is 9.32. The number of likely N-dealkylation sites (N-methyl/N-ethyl adjacent to an activating group) is 1. The smallest absolute Gasteiger partial charge is 0.0639 e. The van der Waals surface area contributed by atoms with Crippen LogP contribution in [0.2, 0.25) is 0 Å². The maximum Gasteiger partial charge on any atom is 0.0639 e. The quantitative estimate of drug-likeness (QED) is 0.701. The van der Waals surface area contributed by atoms with E-state index in [1.807, 2.05) is 6.92 Å². The summed E-state index contributed by atoms with van der Waals surface area (Å²) in [6, 6.07) is 1.54. The molecule has 0 spiro atoms. The molecule has 14 heavy (non-hydrogen) atoms. The topological polar surface area (TPSA) is 26.7 Å². The van der Waals surface area contributed by atoms with Gasteiger partial charge in [-0.2, -0.15) is 0 Å². The highest BCUT2D eigenvalue weighted by atomic mass is 16.3. The molecule has 2 aliphatic rings. The van der Waals surface area contributed by atoms with E-state index in [0.29, 0.717) is 0 Å². The Morgan fingerprint density at radius 1 is 1.29 bits per heavy atom. The van der Waals surface area contributed by atoms with Crippen LogP contribution in [0, 0.1) is 0 Å². The fourth-order valence-electron chi connectivity index (χ4n) is 2.92. The van der Waals surface area contributed by atoms with Crippen molar-refractivity contribution in [2.24, 2.45) is 0 Å². The first-order valence-electron chi connectivity index (χ1n) is 5.79. The molecular weight excluding hydrogens is 176 g/mol. The second-order valence-electron chi connectivity index (χ2n) is 4.95. The zero-order valence-corrected chi connectivity index (χ0v) is 9.32. The molecule has 2 heterocycles. The van der Waals surface area contributed by atoms with Gasteiger partial charge in [0, 0.05) is 25.2 Å². The number of hydrogen-bond acceptors (Lipinski definition) is 3. The van der Waals surface area contributed by atoms with Gasteiger partial charge in [-0.3, -0.25) is 9.80 Å². The van der Waals surface area contributed by atoms with Gasteiger partial charge in [-0.25, -0.2) is 0 Å². The molecule has 2 saturated heterocycles. The van der Waals surface area contributed by atoms with E-state index in [0.717, 1.165) is 31.7 Å². The molecule has 1 N–H and O–H groups in total. The molecule has 2 bridgehead atoms. The summed E-state index contributed by atoms with van der Waals surface area (Å²) in [4.78, 5) is 4.97. The fourth-order valence-corrected chi connectivity index (χ4v) is 2.92. The molecule has 0 aromatic heterocycles. The summed E-state index contributed by atoms with van der Waals surface area (Å²) in [6.07, 6.45) is 3.82. The van der Waals surface area contributed by atoms with Crippen molar-refractivity contribution in [3.05, 3.63) is 0 Å². The van der Waals surface area contributed by atoms with Gasteiger partial charge in [0.2, 0.25) is 0 Å².